The van der Waals surface area contributed by atoms with Crippen molar-refractivity contribution in [2.45, 2.75) is 0 Å². The number of methoxy groups -OCH3 is 1. The minimum Gasteiger partial charge on any atom is -0.495 e. The summed E-state index contributed by atoms with van der Waals surface area (Å²) < 4.78 is 11.7. The maximum absolute atomic E-state index is 6.28. The monoisotopic (exact) mass is 405 g/mol. The summed E-state index contributed by atoms with van der Waals surface area (Å²) in [5.41, 5.74) is 9.71. The summed E-state index contributed by atoms with van der Waals surface area (Å²) in [6.45, 7) is 0. The van der Waals surface area contributed by atoms with E-state index in [4.69, 9.17) is 26.5 Å². The van der Waals surface area contributed by atoms with Gasteiger partial charge in [-0.05, 0) is 41.5 Å². The van der Waals surface area contributed by atoms with Gasteiger partial charge < -0.3 is 14.9 Å². The van der Waals surface area contributed by atoms with E-state index in [0.29, 0.717) is 22.3 Å². The van der Waals surface area contributed by atoms with Gasteiger partial charge in [0.25, 0.3) is 0 Å². The van der Waals surface area contributed by atoms with Crippen LogP contribution in [0.4, 0.5) is 11.6 Å². The van der Waals surface area contributed by atoms with E-state index in [9.17, 15) is 0 Å². The molecule has 0 unspecified atom stereocenters. The van der Waals surface area contributed by atoms with Crippen LogP contribution in [0.25, 0.3) is 22.1 Å². The zero-order valence-corrected chi connectivity index (χ0v) is 16.9. The number of furan rings is 1. The summed E-state index contributed by atoms with van der Waals surface area (Å²) >= 11 is 6.18. The molecule has 1 heterocycles. The number of aliphatic imine (C=N–C) groups is 1. The van der Waals surface area contributed by atoms with E-state index in [0.717, 1.165) is 22.1 Å². The second-order valence-electron chi connectivity index (χ2n) is 6.44. The topological polar surface area (TPSA) is 64.0 Å². The van der Waals surface area contributed by atoms with Gasteiger partial charge in [0.05, 0.1) is 12.8 Å². The number of nitrogens with zero attached hydrogens (tertiary/aromatic N) is 2. The highest BCUT2D eigenvalue weighted by Crippen LogP contribution is 2.39. The van der Waals surface area contributed by atoms with Gasteiger partial charge in [0.2, 0.25) is 11.8 Å². The number of rotatable bonds is 4. The van der Waals surface area contributed by atoms with Crippen LogP contribution in [0.3, 0.4) is 0 Å². The van der Waals surface area contributed by atoms with Gasteiger partial charge in [-0.25, -0.2) is 4.90 Å². The van der Waals surface area contributed by atoms with Gasteiger partial charge in [-0.2, -0.15) is 0 Å². The van der Waals surface area contributed by atoms with E-state index >= 15 is 0 Å². The Morgan fingerprint density at radius 1 is 1.00 bits per heavy atom. The molecule has 0 bridgehead atoms. The number of ether oxygens (including phenoxy) is 1. The molecule has 0 fully saturated rings. The van der Waals surface area contributed by atoms with E-state index < -0.39 is 0 Å². The Labute approximate surface area is 174 Å². The van der Waals surface area contributed by atoms with Crippen LogP contribution in [0.15, 0.2) is 82.2 Å². The first kappa shape index (κ1) is 18.9. The molecular weight excluding hydrogens is 386 g/mol. The molecule has 6 heteroatoms. The minimum absolute atomic E-state index is 0.283. The number of hydrogen-bond acceptors (Lipinski definition) is 3. The first-order valence-electron chi connectivity index (χ1n) is 9.05. The molecule has 0 saturated carbocycles. The number of halogens is 1. The van der Waals surface area contributed by atoms with Crippen molar-refractivity contribution in [1.82, 2.24) is 0 Å². The maximum atomic E-state index is 6.28. The number of guanidine groups is 1. The lowest BCUT2D eigenvalue weighted by Crippen LogP contribution is -2.33. The van der Waals surface area contributed by atoms with Gasteiger partial charge in [0.15, 0.2) is 0 Å². The fourth-order valence-electron chi connectivity index (χ4n) is 3.25. The van der Waals surface area contributed by atoms with Crippen LogP contribution in [0.2, 0.25) is 5.02 Å². The van der Waals surface area contributed by atoms with Crippen LogP contribution in [-0.4, -0.2) is 20.1 Å². The molecule has 146 valence electrons. The molecule has 0 spiro atoms. The van der Waals surface area contributed by atoms with Crippen molar-refractivity contribution in [3.05, 3.63) is 77.8 Å². The quantitative estimate of drug-likeness (QED) is 0.342. The lowest BCUT2D eigenvalue weighted by atomic mass is 10.0. The second kappa shape index (κ2) is 7.89. The van der Waals surface area contributed by atoms with Crippen molar-refractivity contribution in [3.63, 3.8) is 0 Å². The van der Waals surface area contributed by atoms with Crippen LogP contribution in [0.1, 0.15) is 0 Å². The Hall–Kier alpha value is -3.44. The first-order chi connectivity index (χ1) is 14.1. The molecule has 0 radical (unpaired) electrons. The van der Waals surface area contributed by atoms with Gasteiger partial charge in [-0.1, -0.05) is 48.0 Å². The van der Waals surface area contributed by atoms with Gasteiger partial charge >= 0.3 is 0 Å². The summed E-state index contributed by atoms with van der Waals surface area (Å²) in [6.07, 6.45) is 0. The Morgan fingerprint density at radius 3 is 2.52 bits per heavy atom. The third-order valence-electron chi connectivity index (χ3n) is 4.67. The Kier molecular flexibility index (Phi) is 5.14. The summed E-state index contributed by atoms with van der Waals surface area (Å²) in [5, 5.41) is 1.64. The molecule has 5 nitrogen and oxygen atoms in total. The number of fused-ring (bicyclic) bond motifs is 1. The van der Waals surface area contributed by atoms with Crippen molar-refractivity contribution in [2.75, 3.05) is 19.1 Å². The highest BCUT2D eigenvalue weighted by atomic mass is 35.5. The highest BCUT2D eigenvalue weighted by molar-refractivity contribution is 6.30. The number of hydrogen-bond donors (Lipinski definition) is 1. The molecule has 4 aromatic rings. The predicted octanol–water partition coefficient (Wildman–Crippen LogP) is 5.84. The highest BCUT2D eigenvalue weighted by Gasteiger charge is 2.22. The zero-order valence-electron chi connectivity index (χ0n) is 16.1. The van der Waals surface area contributed by atoms with Crippen molar-refractivity contribution < 1.29 is 9.15 Å². The SMILES string of the molecule is CN=C(N)N(c1cc2ccccc2o1)c1cc(-c2cccc(Cl)c2)ccc1OC. The molecule has 29 heavy (non-hydrogen) atoms. The fourth-order valence-corrected chi connectivity index (χ4v) is 3.44. The van der Waals surface area contributed by atoms with E-state index in [1.54, 1.807) is 19.1 Å². The third kappa shape index (κ3) is 3.65. The van der Waals surface area contributed by atoms with Crippen molar-refractivity contribution in [3.8, 4) is 16.9 Å². The van der Waals surface area contributed by atoms with E-state index in [2.05, 4.69) is 4.99 Å². The summed E-state index contributed by atoms with van der Waals surface area (Å²) in [7, 11) is 3.26. The van der Waals surface area contributed by atoms with Crippen LogP contribution in [0, 0.1) is 0 Å². The summed E-state index contributed by atoms with van der Waals surface area (Å²) in [5.74, 6) is 1.48. The molecule has 0 aliphatic rings. The first-order valence-corrected chi connectivity index (χ1v) is 9.43. The fraction of sp³-hybridized carbons (Fsp3) is 0.0870. The lowest BCUT2D eigenvalue weighted by molar-refractivity contribution is 0.415. The van der Waals surface area contributed by atoms with E-state index in [1.807, 2.05) is 72.8 Å². The van der Waals surface area contributed by atoms with Crippen LogP contribution in [-0.2, 0) is 0 Å². The van der Waals surface area contributed by atoms with Gasteiger partial charge in [-0.15, -0.1) is 0 Å². The second-order valence-corrected chi connectivity index (χ2v) is 6.87. The molecule has 2 N–H and O–H groups in total. The Morgan fingerprint density at radius 2 is 1.79 bits per heavy atom. The smallest absolute Gasteiger partial charge is 0.208 e. The minimum atomic E-state index is 0.283. The van der Waals surface area contributed by atoms with E-state index in [1.165, 1.54) is 0 Å². The summed E-state index contributed by atoms with van der Waals surface area (Å²) in [4.78, 5) is 5.93. The molecule has 0 aliphatic carbocycles. The van der Waals surface area contributed by atoms with Crippen molar-refractivity contribution in [1.29, 1.82) is 0 Å². The molecule has 4 rings (SSSR count). The molecule has 0 aliphatic heterocycles. The van der Waals surface area contributed by atoms with Gasteiger partial charge in [0, 0.05) is 23.5 Å². The predicted molar refractivity (Wildman–Crippen MR) is 119 cm³/mol. The molecular formula is C23H20ClN3O2. The zero-order chi connectivity index (χ0) is 20.4. The molecule has 0 amide bonds. The molecule has 0 atom stereocenters. The third-order valence-corrected chi connectivity index (χ3v) is 4.90. The average molecular weight is 406 g/mol. The summed E-state index contributed by atoms with van der Waals surface area (Å²) in [6, 6.07) is 23.2. The van der Waals surface area contributed by atoms with Crippen molar-refractivity contribution in [2.24, 2.45) is 10.7 Å². The molecule has 0 saturated heterocycles. The number of benzene rings is 3. The number of para-hydroxylation sites is 1. The Balaban J connectivity index is 1.90. The van der Waals surface area contributed by atoms with Crippen molar-refractivity contribution >= 4 is 40.1 Å². The largest absolute Gasteiger partial charge is 0.495 e. The van der Waals surface area contributed by atoms with E-state index in [-0.39, 0.29) is 5.96 Å². The molecule has 3 aromatic carbocycles. The average Bonchev–Trinajstić information content (AvgIpc) is 3.17. The number of anilines is 2. The van der Waals surface area contributed by atoms with Gasteiger partial charge in [-0.3, -0.25) is 4.99 Å². The van der Waals surface area contributed by atoms with Crippen LogP contribution < -0.4 is 15.4 Å². The van der Waals surface area contributed by atoms with Crippen LogP contribution in [0.5, 0.6) is 5.75 Å². The van der Waals surface area contributed by atoms with Crippen LogP contribution >= 0.6 is 11.6 Å². The standard InChI is InChI=1S/C23H20ClN3O2/c1-26-23(25)27(22-14-17-6-3-4-9-20(17)29-22)19-13-16(10-11-21(19)28-2)15-7-5-8-18(24)12-15/h3-14H,1-2H3,(H2,25,26). The molecule has 1 aromatic heterocycles. The van der Waals surface area contributed by atoms with Gasteiger partial charge in [0.1, 0.15) is 11.3 Å². The normalized spacial score (nSPS) is 11.6. The maximum Gasteiger partial charge on any atom is 0.208 e. The lowest BCUT2D eigenvalue weighted by Gasteiger charge is -2.23. The number of nitrogens with two attached hydrogens (primary N) is 1. The Bertz CT molecular complexity index is 1170.